The molecular formula is C14H31NSi2. The number of allylic oxidation sites excluding steroid dienone is 3. The Morgan fingerprint density at radius 3 is 1.71 bits per heavy atom. The largest absolute Gasteiger partial charge is 0.414 e. The normalized spacial score (nSPS) is 15.5. The first kappa shape index (κ1) is 16.7. The smallest absolute Gasteiger partial charge is 0.144 e. The fourth-order valence-corrected chi connectivity index (χ4v) is 3.26. The number of rotatable bonds is 4. The lowest BCUT2D eigenvalue weighted by Crippen LogP contribution is -2.43. The number of hydrogen-bond donors (Lipinski definition) is 1. The van der Waals surface area contributed by atoms with E-state index in [1.165, 1.54) is 5.70 Å². The molecule has 0 rings (SSSR count). The first-order chi connectivity index (χ1) is 7.31. The minimum Gasteiger partial charge on any atom is -0.414 e. The zero-order chi connectivity index (χ0) is 13.9. The molecule has 0 unspecified atom stereocenters. The molecule has 0 spiro atoms. The summed E-state index contributed by atoms with van der Waals surface area (Å²) in [5, 5.41) is 0. The number of hydrogen-bond acceptors (Lipinski definition) is 1. The highest BCUT2D eigenvalue weighted by atomic mass is 28.3. The van der Waals surface area contributed by atoms with Gasteiger partial charge in [0.05, 0.1) is 8.07 Å². The fourth-order valence-electron chi connectivity index (χ4n) is 1.32. The van der Waals surface area contributed by atoms with Gasteiger partial charge in [0.2, 0.25) is 0 Å². The second kappa shape index (κ2) is 5.57. The van der Waals surface area contributed by atoms with E-state index >= 15 is 0 Å². The van der Waals surface area contributed by atoms with Crippen LogP contribution >= 0.6 is 0 Å². The lowest BCUT2D eigenvalue weighted by atomic mass is 9.92. The zero-order valence-electron chi connectivity index (χ0n) is 13.2. The second-order valence-corrected chi connectivity index (χ2v) is 17.7. The first-order valence-electron chi connectivity index (χ1n) is 6.49. The van der Waals surface area contributed by atoms with E-state index in [1.54, 1.807) is 0 Å². The molecule has 1 nitrogen and oxygen atoms in total. The van der Waals surface area contributed by atoms with Crippen LogP contribution in [0.2, 0.25) is 39.3 Å². The third-order valence-electron chi connectivity index (χ3n) is 2.18. The van der Waals surface area contributed by atoms with Crippen molar-refractivity contribution in [1.82, 2.24) is 4.98 Å². The Hall–Kier alpha value is -0.286. The molecule has 0 heterocycles. The van der Waals surface area contributed by atoms with Crippen LogP contribution in [0.3, 0.4) is 0 Å². The summed E-state index contributed by atoms with van der Waals surface area (Å²) in [5.74, 6) is 0. The maximum absolute atomic E-state index is 3.75. The number of nitrogens with one attached hydrogen (secondary N) is 1. The van der Waals surface area contributed by atoms with Gasteiger partial charge in [-0.2, -0.15) is 0 Å². The highest BCUT2D eigenvalue weighted by Gasteiger charge is 2.22. The van der Waals surface area contributed by atoms with Gasteiger partial charge in [0.25, 0.3) is 0 Å². The molecule has 0 saturated carbocycles. The Bertz CT molecular complexity index is 296. The van der Waals surface area contributed by atoms with Crippen molar-refractivity contribution in [3.8, 4) is 0 Å². The summed E-state index contributed by atoms with van der Waals surface area (Å²) in [5.41, 5.74) is 3.96. The van der Waals surface area contributed by atoms with Crippen LogP contribution in [0.1, 0.15) is 20.8 Å². The fraction of sp³-hybridized carbons (Fsp3) is 0.714. The predicted molar refractivity (Wildman–Crippen MR) is 86.5 cm³/mol. The van der Waals surface area contributed by atoms with Crippen molar-refractivity contribution in [3.05, 3.63) is 23.5 Å². The van der Waals surface area contributed by atoms with Gasteiger partial charge in [0.15, 0.2) is 0 Å². The zero-order valence-corrected chi connectivity index (χ0v) is 15.2. The van der Waals surface area contributed by atoms with Crippen molar-refractivity contribution in [3.63, 3.8) is 0 Å². The van der Waals surface area contributed by atoms with Crippen LogP contribution < -0.4 is 4.98 Å². The summed E-state index contributed by atoms with van der Waals surface area (Å²) in [6, 6.07) is 0. The van der Waals surface area contributed by atoms with Crippen molar-refractivity contribution in [2.45, 2.75) is 60.1 Å². The second-order valence-electron chi connectivity index (χ2n) is 7.93. The Balaban J connectivity index is 4.96. The Morgan fingerprint density at radius 1 is 0.941 bits per heavy atom. The van der Waals surface area contributed by atoms with Crippen molar-refractivity contribution >= 4 is 16.3 Å². The molecule has 0 aromatic carbocycles. The molecule has 0 atom stereocenters. The average Bonchev–Trinajstić information content (AvgIpc) is 1.95. The molecule has 1 N–H and O–H groups in total. The van der Waals surface area contributed by atoms with Gasteiger partial charge < -0.3 is 4.98 Å². The van der Waals surface area contributed by atoms with Crippen LogP contribution in [0.25, 0.3) is 0 Å². The van der Waals surface area contributed by atoms with Crippen LogP contribution in [0.15, 0.2) is 23.5 Å². The molecule has 0 fully saturated rings. The third kappa shape index (κ3) is 9.42. The molecule has 0 saturated heterocycles. The van der Waals surface area contributed by atoms with Gasteiger partial charge in [-0.1, -0.05) is 71.8 Å². The van der Waals surface area contributed by atoms with Crippen LogP contribution in [0, 0.1) is 5.41 Å². The van der Waals surface area contributed by atoms with Crippen LogP contribution in [-0.2, 0) is 0 Å². The SMILES string of the molecule is CC(C)(C)/C(=C\C=C\[Si](C)(C)C)N[Si](C)(C)C. The van der Waals surface area contributed by atoms with E-state index in [4.69, 9.17) is 0 Å². The summed E-state index contributed by atoms with van der Waals surface area (Å²) < 4.78 is 0. The molecule has 100 valence electrons. The molecule has 0 aromatic heterocycles. The molecule has 3 heteroatoms. The monoisotopic (exact) mass is 269 g/mol. The summed E-state index contributed by atoms with van der Waals surface area (Å²) in [6.45, 7) is 20.9. The van der Waals surface area contributed by atoms with Crippen LogP contribution in [0.4, 0.5) is 0 Å². The molecular weight excluding hydrogens is 238 g/mol. The van der Waals surface area contributed by atoms with Crippen molar-refractivity contribution in [1.29, 1.82) is 0 Å². The van der Waals surface area contributed by atoms with Gasteiger partial charge in [0.1, 0.15) is 8.24 Å². The summed E-state index contributed by atoms with van der Waals surface area (Å²) in [7, 11) is -2.35. The van der Waals surface area contributed by atoms with Gasteiger partial charge in [-0.05, 0) is 6.08 Å². The van der Waals surface area contributed by atoms with E-state index < -0.39 is 16.3 Å². The summed E-state index contributed by atoms with van der Waals surface area (Å²) >= 11 is 0. The molecule has 0 aliphatic rings. The maximum atomic E-state index is 3.75. The first-order valence-corrected chi connectivity index (χ1v) is 13.6. The summed E-state index contributed by atoms with van der Waals surface area (Å²) in [6.07, 6.45) is 4.52. The van der Waals surface area contributed by atoms with Gasteiger partial charge in [-0.15, -0.1) is 0 Å². The molecule has 0 aliphatic heterocycles. The van der Waals surface area contributed by atoms with Gasteiger partial charge in [-0.3, -0.25) is 0 Å². The van der Waals surface area contributed by atoms with Crippen LogP contribution in [-0.4, -0.2) is 16.3 Å². The quantitative estimate of drug-likeness (QED) is 0.572. The molecule has 0 bridgehead atoms. The standard InChI is InChI=1S/C14H31NSi2/c1-14(2,3)13(15-17(7,8)9)11-10-12-16(4,5)6/h10-12,15H,1-9H3/b12-10+,13-11+. The van der Waals surface area contributed by atoms with E-state index in [2.05, 4.69) is 82.9 Å². The predicted octanol–water partition coefficient (Wildman–Crippen LogP) is 4.77. The minimum atomic E-state index is -1.27. The molecule has 0 aliphatic carbocycles. The summed E-state index contributed by atoms with van der Waals surface area (Å²) in [4.78, 5) is 3.75. The van der Waals surface area contributed by atoms with Crippen molar-refractivity contribution < 1.29 is 0 Å². The van der Waals surface area contributed by atoms with E-state index in [0.29, 0.717) is 0 Å². The average molecular weight is 270 g/mol. The lowest BCUT2D eigenvalue weighted by molar-refractivity contribution is 0.484. The third-order valence-corrected chi connectivity index (χ3v) is 4.39. The van der Waals surface area contributed by atoms with E-state index in [0.717, 1.165) is 0 Å². The van der Waals surface area contributed by atoms with E-state index in [1.807, 2.05) is 0 Å². The Kier molecular flexibility index (Phi) is 5.48. The highest BCUT2D eigenvalue weighted by molar-refractivity contribution is 6.81. The van der Waals surface area contributed by atoms with Gasteiger partial charge >= 0.3 is 0 Å². The topological polar surface area (TPSA) is 12.0 Å². The molecule has 0 amide bonds. The van der Waals surface area contributed by atoms with Gasteiger partial charge in [-0.25, -0.2) is 0 Å². The maximum Gasteiger partial charge on any atom is 0.144 e. The minimum absolute atomic E-state index is 0.198. The molecule has 0 aromatic rings. The van der Waals surface area contributed by atoms with Crippen molar-refractivity contribution in [2.75, 3.05) is 0 Å². The highest BCUT2D eigenvalue weighted by Crippen LogP contribution is 2.24. The Morgan fingerprint density at radius 2 is 1.41 bits per heavy atom. The lowest BCUT2D eigenvalue weighted by Gasteiger charge is -2.31. The van der Waals surface area contributed by atoms with Crippen LogP contribution in [0.5, 0.6) is 0 Å². The van der Waals surface area contributed by atoms with Crippen molar-refractivity contribution in [2.24, 2.45) is 5.41 Å². The van der Waals surface area contributed by atoms with Gasteiger partial charge in [0, 0.05) is 11.1 Å². The molecule has 17 heavy (non-hydrogen) atoms. The molecule has 0 radical (unpaired) electrons. The van der Waals surface area contributed by atoms with E-state index in [9.17, 15) is 0 Å². The Labute approximate surface area is 110 Å². The van der Waals surface area contributed by atoms with E-state index in [-0.39, 0.29) is 5.41 Å².